The lowest BCUT2D eigenvalue weighted by molar-refractivity contribution is -0.139. The minimum absolute atomic E-state index is 0.171. The van der Waals surface area contributed by atoms with Crippen molar-refractivity contribution >= 4 is 5.97 Å². The summed E-state index contributed by atoms with van der Waals surface area (Å²) in [5.41, 5.74) is 0.171. The molecule has 70 valence electrons. The van der Waals surface area contributed by atoms with E-state index in [1.54, 1.807) is 0 Å². The maximum absolute atomic E-state index is 10.6. The Hall–Kier alpha value is -0.570. The van der Waals surface area contributed by atoms with Gasteiger partial charge in [-0.05, 0) is 18.3 Å². The van der Waals surface area contributed by atoms with Crippen LogP contribution in [0, 0.1) is 5.41 Å². The lowest BCUT2D eigenvalue weighted by atomic mass is 9.86. The molecule has 1 heterocycles. The Kier molecular flexibility index (Phi) is 2.42. The summed E-state index contributed by atoms with van der Waals surface area (Å²) in [6.45, 7) is 6.40. The van der Waals surface area contributed by atoms with E-state index in [-0.39, 0.29) is 11.5 Å². The van der Waals surface area contributed by atoms with E-state index in [0.29, 0.717) is 6.04 Å². The summed E-state index contributed by atoms with van der Waals surface area (Å²) < 4.78 is 0. The third-order valence-corrected chi connectivity index (χ3v) is 2.49. The molecule has 2 atom stereocenters. The minimum Gasteiger partial charge on any atom is -0.480 e. The third kappa shape index (κ3) is 1.97. The molecule has 1 aliphatic rings. The predicted molar refractivity (Wildman–Crippen MR) is 47.0 cm³/mol. The molecule has 2 N–H and O–H groups in total. The lowest BCUT2D eigenvalue weighted by Gasteiger charge is -2.27. The van der Waals surface area contributed by atoms with Gasteiger partial charge >= 0.3 is 5.97 Å². The van der Waals surface area contributed by atoms with Gasteiger partial charge in [-0.15, -0.1) is 0 Å². The average Bonchev–Trinajstić information content (AvgIpc) is 2.30. The molecule has 0 radical (unpaired) electrons. The highest BCUT2D eigenvalue weighted by Crippen LogP contribution is 2.28. The van der Waals surface area contributed by atoms with E-state index in [9.17, 15) is 4.79 Å². The predicted octanol–water partition coefficient (Wildman–Crippen LogP) is 1.24. The van der Waals surface area contributed by atoms with E-state index >= 15 is 0 Å². The van der Waals surface area contributed by atoms with Gasteiger partial charge in [-0.25, -0.2) is 0 Å². The van der Waals surface area contributed by atoms with Crippen molar-refractivity contribution in [1.29, 1.82) is 0 Å². The molecule has 0 aliphatic carbocycles. The van der Waals surface area contributed by atoms with Crippen molar-refractivity contribution in [3.63, 3.8) is 0 Å². The fourth-order valence-electron chi connectivity index (χ4n) is 1.62. The van der Waals surface area contributed by atoms with Crippen molar-refractivity contribution in [3.8, 4) is 0 Å². The van der Waals surface area contributed by atoms with E-state index in [4.69, 9.17) is 5.11 Å². The van der Waals surface area contributed by atoms with Gasteiger partial charge in [-0.3, -0.25) is 4.79 Å². The van der Waals surface area contributed by atoms with Crippen LogP contribution in [-0.2, 0) is 4.79 Å². The molecule has 1 saturated heterocycles. The van der Waals surface area contributed by atoms with Crippen LogP contribution in [0.1, 0.15) is 33.6 Å². The third-order valence-electron chi connectivity index (χ3n) is 2.49. The molecule has 3 nitrogen and oxygen atoms in total. The number of rotatable bonds is 1. The van der Waals surface area contributed by atoms with Crippen molar-refractivity contribution < 1.29 is 9.90 Å². The van der Waals surface area contributed by atoms with Crippen molar-refractivity contribution in [2.24, 2.45) is 5.41 Å². The Morgan fingerprint density at radius 2 is 2.00 bits per heavy atom. The molecular weight excluding hydrogens is 154 g/mol. The highest BCUT2D eigenvalue weighted by molar-refractivity contribution is 5.73. The highest BCUT2D eigenvalue weighted by atomic mass is 16.4. The van der Waals surface area contributed by atoms with Crippen molar-refractivity contribution in [2.75, 3.05) is 0 Å². The Morgan fingerprint density at radius 1 is 1.42 bits per heavy atom. The number of carboxylic acid groups (broad SMARTS) is 1. The molecule has 0 aromatic heterocycles. The molecule has 1 unspecified atom stereocenters. The van der Waals surface area contributed by atoms with Crippen LogP contribution in [0.5, 0.6) is 0 Å². The molecule has 1 aliphatic heterocycles. The van der Waals surface area contributed by atoms with E-state index < -0.39 is 5.97 Å². The summed E-state index contributed by atoms with van der Waals surface area (Å²) >= 11 is 0. The van der Waals surface area contributed by atoms with Gasteiger partial charge in [-0.2, -0.15) is 0 Å². The number of carboxylic acids is 1. The second-order valence-electron chi connectivity index (χ2n) is 4.55. The zero-order valence-electron chi connectivity index (χ0n) is 7.92. The first-order valence-electron chi connectivity index (χ1n) is 4.40. The number of carbonyl (C=O) groups is 1. The van der Waals surface area contributed by atoms with Crippen LogP contribution in [0.4, 0.5) is 0 Å². The van der Waals surface area contributed by atoms with Crippen molar-refractivity contribution in [2.45, 2.75) is 45.7 Å². The van der Waals surface area contributed by atoms with Crippen molar-refractivity contribution in [3.05, 3.63) is 0 Å². The molecule has 12 heavy (non-hydrogen) atoms. The number of nitrogens with one attached hydrogen (secondary N) is 1. The molecule has 1 fully saturated rings. The maximum atomic E-state index is 10.6. The van der Waals surface area contributed by atoms with Crippen molar-refractivity contribution in [1.82, 2.24) is 5.32 Å². The first kappa shape index (κ1) is 9.52. The zero-order chi connectivity index (χ0) is 9.35. The van der Waals surface area contributed by atoms with Crippen LogP contribution in [0.15, 0.2) is 0 Å². The van der Waals surface area contributed by atoms with Gasteiger partial charge in [0.1, 0.15) is 6.04 Å². The minimum atomic E-state index is -0.721. The highest BCUT2D eigenvalue weighted by Gasteiger charge is 2.35. The van der Waals surface area contributed by atoms with E-state index in [0.717, 1.165) is 12.8 Å². The topological polar surface area (TPSA) is 49.3 Å². The fraction of sp³-hybridized carbons (Fsp3) is 0.889. The Balaban J connectivity index is 2.51. The molecule has 0 saturated carbocycles. The van der Waals surface area contributed by atoms with Crippen LogP contribution < -0.4 is 5.32 Å². The summed E-state index contributed by atoms with van der Waals surface area (Å²) in [5, 5.41) is 11.9. The normalized spacial score (nSPS) is 30.6. The van der Waals surface area contributed by atoms with Crippen LogP contribution >= 0.6 is 0 Å². The largest absolute Gasteiger partial charge is 0.480 e. The van der Waals surface area contributed by atoms with Gasteiger partial charge in [0.2, 0.25) is 0 Å². The quantitative estimate of drug-likeness (QED) is 0.624. The van der Waals surface area contributed by atoms with Gasteiger partial charge in [0, 0.05) is 6.04 Å². The molecule has 0 bridgehead atoms. The van der Waals surface area contributed by atoms with Crippen LogP contribution in [-0.4, -0.2) is 23.2 Å². The Morgan fingerprint density at radius 3 is 2.25 bits per heavy atom. The monoisotopic (exact) mass is 171 g/mol. The lowest BCUT2D eigenvalue weighted by Crippen LogP contribution is -2.41. The second-order valence-corrected chi connectivity index (χ2v) is 4.55. The van der Waals surface area contributed by atoms with Gasteiger partial charge in [-0.1, -0.05) is 20.8 Å². The Labute approximate surface area is 73.2 Å². The van der Waals surface area contributed by atoms with E-state index in [1.165, 1.54) is 0 Å². The van der Waals surface area contributed by atoms with Gasteiger partial charge in [0.15, 0.2) is 0 Å². The summed E-state index contributed by atoms with van der Waals surface area (Å²) in [4.78, 5) is 10.6. The number of hydrogen-bond donors (Lipinski definition) is 2. The first-order chi connectivity index (χ1) is 5.41. The molecule has 1 rings (SSSR count). The first-order valence-corrected chi connectivity index (χ1v) is 4.40. The summed E-state index contributed by atoms with van der Waals surface area (Å²) in [7, 11) is 0. The number of hydrogen-bond acceptors (Lipinski definition) is 2. The average molecular weight is 171 g/mol. The molecule has 3 heteroatoms. The van der Waals surface area contributed by atoms with E-state index in [2.05, 4.69) is 26.1 Å². The summed E-state index contributed by atoms with van der Waals surface area (Å²) in [6.07, 6.45) is 1.73. The van der Waals surface area contributed by atoms with Gasteiger partial charge in [0.05, 0.1) is 0 Å². The SMILES string of the molecule is CC(C)(C)C1CC[C@@H](C(=O)O)N1. The molecule has 0 amide bonds. The van der Waals surface area contributed by atoms with Crippen LogP contribution in [0.2, 0.25) is 0 Å². The molecule has 0 spiro atoms. The van der Waals surface area contributed by atoms with Crippen LogP contribution in [0.3, 0.4) is 0 Å². The van der Waals surface area contributed by atoms with E-state index in [1.807, 2.05) is 0 Å². The second kappa shape index (κ2) is 3.05. The summed E-state index contributed by atoms with van der Waals surface area (Å²) in [6, 6.07) is 0.0211. The van der Waals surface area contributed by atoms with Gasteiger partial charge < -0.3 is 10.4 Å². The molecule has 0 aromatic carbocycles. The Bertz CT molecular complexity index is 183. The van der Waals surface area contributed by atoms with Crippen LogP contribution in [0.25, 0.3) is 0 Å². The molecular formula is C9H17NO2. The smallest absolute Gasteiger partial charge is 0.320 e. The number of aliphatic carboxylic acids is 1. The maximum Gasteiger partial charge on any atom is 0.320 e. The zero-order valence-corrected chi connectivity index (χ0v) is 7.92. The molecule has 0 aromatic rings. The fourth-order valence-corrected chi connectivity index (χ4v) is 1.62. The summed E-state index contributed by atoms with van der Waals surface area (Å²) in [5.74, 6) is -0.721. The standard InChI is InChI=1S/C9H17NO2/c1-9(2,3)7-5-4-6(10-7)8(11)12/h6-7,10H,4-5H2,1-3H3,(H,11,12)/t6-,7?/m0/s1. The van der Waals surface area contributed by atoms with Gasteiger partial charge in [0.25, 0.3) is 0 Å².